The Labute approximate surface area is 153 Å². The molecule has 0 aliphatic rings. The summed E-state index contributed by atoms with van der Waals surface area (Å²) in [6, 6.07) is 9.49. The van der Waals surface area contributed by atoms with Gasteiger partial charge in [-0.1, -0.05) is 35.9 Å². The predicted molar refractivity (Wildman–Crippen MR) is 93.7 cm³/mol. The number of aliphatic hydroxyl groups excluding tert-OH is 1. The number of rotatable bonds is 4. The quantitative estimate of drug-likeness (QED) is 0.485. The zero-order chi connectivity index (χ0) is 19.5. The largest absolute Gasteiger partial charge is 0.430 e. The fourth-order valence-electron chi connectivity index (χ4n) is 2.44. The highest BCUT2D eigenvalue weighted by atomic mass is 35.5. The molecule has 2 aromatic rings. The van der Waals surface area contributed by atoms with Crippen molar-refractivity contribution in [2.24, 2.45) is 0 Å². The van der Waals surface area contributed by atoms with Crippen molar-refractivity contribution in [3.05, 3.63) is 58.6 Å². The molecule has 138 valence electrons. The van der Waals surface area contributed by atoms with Crippen LogP contribution < -0.4 is 0 Å². The monoisotopic (exact) mass is 384 g/mol. The van der Waals surface area contributed by atoms with E-state index in [0.29, 0.717) is 5.56 Å². The number of ether oxygens (including phenoxy) is 1. The van der Waals surface area contributed by atoms with E-state index < -0.39 is 17.8 Å². The average molecular weight is 385 g/mol. The Bertz CT molecular complexity index is 837. The lowest BCUT2D eigenvalue weighted by Gasteiger charge is -2.16. The molecule has 0 fully saturated rings. The normalized spacial score (nSPS) is 12.5. The van der Waals surface area contributed by atoms with Crippen LogP contribution in [0.4, 0.5) is 13.2 Å². The maximum Gasteiger partial charge on any atom is 0.417 e. The highest BCUT2D eigenvalue weighted by Gasteiger charge is 2.34. The number of alkyl halides is 3. The predicted octanol–water partition coefficient (Wildman–Crippen LogP) is 5.44. The standard InChI is InChI=1S/C18H16ClF3N2O2/c1-10(23)26-17(24)9-16(25)12-4-2-3-11(7-12)14-6-5-13(19)8-15(14)18(20,21)22/h2-8,16,23-25H,9H2,1H3. The van der Waals surface area contributed by atoms with Crippen LogP contribution in [0.1, 0.15) is 30.6 Å². The van der Waals surface area contributed by atoms with E-state index in [1.807, 2.05) is 0 Å². The Morgan fingerprint density at radius 3 is 2.50 bits per heavy atom. The van der Waals surface area contributed by atoms with Crippen LogP contribution in [0.3, 0.4) is 0 Å². The molecule has 0 bridgehead atoms. The average Bonchev–Trinajstić information content (AvgIpc) is 2.53. The molecular formula is C18H16ClF3N2O2. The zero-order valence-electron chi connectivity index (χ0n) is 13.7. The van der Waals surface area contributed by atoms with Crippen LogP contribution >= 0.6 is 11.6 Å². The summed E-state index contributed by atoms with van der Waals surface area (Å²) in [5, 5.41) is 24.9. The smallest absolute Gasteiger partial charge is 0.417 e. The zero-order valence-corrected chi connectivity index (χ0v) is 14.4. The number of hydrogen-bond acceptors (Lipinski definition) is 4. The molecule has 0 radical (unpaired) electrons. The highest BCUT2D eigenvalue weighted by molar-refractivity contribution is 6.30. The first-order chi connectivity index (χ1) is 12.1. The summed E-state index contributed by atoms with van der Waals surface area (Å²) in [5.74, 6) is -0.496. The van der Waals surface area contributed by atoms with Gasteiger partial charge in [-0.05, 0) is 34.9 Å². The highest BCUT2D eigenvalue weighted by Crippen LogP contribution is 2.39. The van der Waals surface area contributed by atoms with Gasteiger partial charge in [0.05, 0.1) is 18.1 Å². The molecule has 0 aromatic heterocycles. The van der Waals surface area contributed by atoms with Gasteiger partial charge in [0, 0.05) is 11.9 Å². The van der Waals surface area contributed by atoms with Crippen molar-refractivity contribution in [2.75, 3.05) is 0 Å². The number of hydrogen-bond donors (Lipinski definition) is 3. The Balaban J connectivity index is 2.36. The van der Waals surface area contributed by atoms with Gasteiger partial charge in [-0.15, -0.1) is 0 Å². The van der Waals surface area contributed by atoms with Crippen molar-refractivity contribution in [1.82, 2.24) is 0 Å². The summed E-state index contributed by atoms with van der Waals surface area (Å²) >= 11 is 5.70. The van der Waals surface area contributed by atoms with Crippen molar-refractivity contribution in [3.8, 4) is 11.1 Å². The minimum atomic E-state index is -4.58. The first-order valence-corrected chi connectivity index (χ1v) is 7.91. The van der Waals surface area contributed by atoms with E-state index in [9.17, 15) is 18.3 Å². The van der Waals surface area contributed by atoms with Gasteiger partial charge in [0.25, 0.3) is 0 Å². The molecule has 1 atom stereocenters. The number of benzene rings is 2. The number of aliphatic hydroxyl groups is 1. The van der Waals surface area contributed by atoms with Gasteiger partial charge in [-0.3, -0.25) is 10.8 Å². The molecule has 0 saturated carbocycles. The van der Waals surface area contributed by atoms with Gasteiger partial charge < -0.3 is 9.84 Å². The minimum Gasteiger partial charge on any atom is -0.430 e. The lowest BCUT2D eigenvalue weighted by molar-refractivity contribution is -0.137. The molecule has 3 N–H and O–H groups in total. The van der Waals surface area contributed by atoms with Crippen molar-refractivity contribution in [2.45, 2.75) is 25.6 Å². The third kappa shape index (κ3) is 5.06. The first-order valence-electron chi connectivity index (χ1n) is 7.53. The second kappa shape index (κ2) is 7.88. The van der Waals surface area contributed by atoms with Crippen LogP contribution in [0.2, 0.25) is 5.02 Å². The van der Waals surface area contributed by atoms with Crippen molar-refractivity contribution in [1.29, 1.82) is 10.8 Å². The molecule has 0 aliphatic heterocycles. The molecule has 1 unspecified atom stereocenters. The molecular weight excluding hydrogens is 369 g/mol. The Hall–Kier alpha value is -2.38. The van der Waals surface area contributed by atoms with Crippen LogP contribution in [0.25, 0.3) is 11.1 Å². The van der Waals surface area contributed by atoms with Crippen molar-refractivity contribution in [3.63, 3.8) is 0 Å². The lowest BCUT2D eigenvalue weighted by atomic mass is 9.96. The second-order valence-electron chi connectivity index (χ2n) is 5.61. The van der Waals surface area contributed by atoms with E-state index in [4.69, 9.17) is 27.2 Å². The van der Waals surface area contributed by atoms with Gasteiger partial charge in [0.15, 0.2) is 11.8 Å². The SMILES string of the molecule is CC(=N)OC(=N)CC(O)c1cccc(-c2ccc(Cl)cc2C(F)(F)F)c1. The van der Waals surface area contributed by atoms with Gasteiger partial charge in [0.1, 0.15) is 0 Å². The molecule has 0 amide bonds. The van der Waals surface area contributed by atoms with E-state index in [0.717, 1.165) is 6.07 Å². The Morgan fingerprint density at radius 1 is 1.19 bits per heavy atom. The summed E-state index contributed by atoms with van der Waals surface area (Å²) in [4.78, 5) is 0. The molecule has 0 spiro atoms. The number of halogens is 4. The fraction of sp³-hybridized carbons (Fsp3) is 0.222. The Kier molecular flexibility index (Phi) is 6.05. The molecule has 0 aliphatic carbocycles. The van der Waals surface area contributed by atoms with E-state index in [-0.39, 0.29) is 34.4 Å². The summed E-state index contributed by atoms with van der Waals surface area (Å²) < 4.78 is 44.7. The van der Waals surface area contributed by atoms with Crippen LogP contribution in [0, 0.1) is 10.8 Å². The van der Waals surface area contributed by atoms with Gasteiger partial charge >= 0.3 is 6.18 Å². The second-order valence-corrected chi connectivity index (χ2v) is 6.05. The summed E-state index contributed by atoms with van der Waals surface area (Å²) in [5.41, 5.74) is -0.326. The van der Waals surface area contributed by atoms with Crippen molar-refractivity contribution >= 4 is 23.4 Å². The summed E-state index contributed by atoms with van der Waals surface area (Å²) in [7, 11) is 0. The Morgan fingerprint density at radius 2 is 1.88 bits per heavy atom. The van der Waals surface area contributed by atoms with Gasteiger partial charge in [0.2, 0.25) is 0 Å². The summed E-state index contributed by atoms with van der Waals surface area (Å²) in [6.07, 6.45) is -5.93. The topological polar surface area (TPSA) is 77.2 Å². The van der Waals surface area contributed by atoms with Crippen LogP contribution in [-0.4, -0.2) is 16.9 Å². The van der Waals surface area contributed by atoms with E-state index >= 15 is 0 Å². The van der Waals surface area contributed by atoms with Crippen LogP contribution in [0.15, 0.2) is 42.5 Å². The fourth-order valence-corrected chi connectivity index (χ4v) is 2.61. The molecule has 26 heavy (non-hydrogen) atoms. The van der Waals surface area contributed by atoms with Gasteiger partial charge in [-0.25, -0.2) is 0 Å². The molecule has 8 heteroatoms. The summed E-state index contributed by atoms with van der Waals surface area (Å²) in [6.45, 7) is 1.35. The minimum absolute atomic E-state index is 0.0233. The molecule has 2 rings (SSSR count). The molecule has 4 nitrogen and oxygen atoms in total. The van der Waals surface area contributed by atoms with Crippen LogP contribution in [0.5, 0.6) is 0 Å². The van der Waals surface area contributed by atoms with E-state index in [1.54, 1.807) is 6.07 Å². The maximum atomic E-state index is 13.3. The van der Waals surface area contributed by atoms with E-state index in [2.05, 4.69) is 0 Å². The molecule has 2 aromatic carbocycles. The molecule has 0 saturated heterocycles. The van der Waals surface area contributed by atoms with Crippen LogP contribution in [-0.2, 0) is 10.9 Å². The third-order valence-electron chi connectivity index (χ3n) is 3.52. The van der Waals surface area contributed by atoms with E-state index in [1.165, 1.54) is 37.3 Å². The van der Waals surface area contributed by atoms with Crippen molar-refractivity contribution < 1.29 is 23.0 Å². The number of nitrogens with one attached hydrogen (secondary N) is 2. The maximum absolute atomic E-state index is 13.3. The third-order valence-corrected chi connectivity index (χ3v) is 3.76. The van der Waals surface area contributed by atoms with Gasteiger partial charge in [-0.2, -0.15) is 13.2 Å². The first kappa shape index (κ1) is 19.9. The lowest BCUT2D eigenvalue weighted by Crippen LogP contribution is -2.12. The molecule has 0 heterocycles.